The molecule has 0 saturated carbocycles. The van der Waals surface area contributed by atoms with Crippen molar-refractivity contribution in [2.75, 3.05) is 10.0 Å². The average molecular weight is 409 g/mol. The van der Waals surface area contributed by atoms with Crippen LogP contribution in [0, 0.1) is 0 Å². The molecule has 132 valence electrons. The first-order valence-corrected chi connectivity index (χ1v) is 9.60. The monoisotopic (exact) mass is 408 g/mol. The van der Waals surface area contributed by atoms with Crippen LogP contribution in [0.15, 0.2) is 47.4 Å². The molecule has 0 bridgehead atoms. The van der Waals surface area contributed by atoms with E-state index >= 15 is 0 Å². The Balaban J connectivity index is 1.87. The smallest absolute Gasteiger partial charge is 0.262 e. The van der Waals surface area contributed by atoms with Crippen molar-refractivity contribution >= 4 is 61.3 Å². The molecule has 6 nitrogen and oxygen atoms in total. The third kappa shape index (κ3) is 2.56. The van der Waals surface area contributed by atoms with Gasteiger partial charge in [0.25, 0.3) is 15.9 Å². The van der Waals surface area contributed by atoms with E-state index in [9.17, 15) is 18.3 Å². The van der Waals surface area contributed by atoms with E-state index < -0.39 is 10.0 Å². The minimum atomic E-state index is -4.03. The third-order valence-electron chi connectivity index (χ3n) is 4.06. The largest absolute Gasteiger partial charge is 0.506 e. The summed E-state index contributed by atoms with van der Waals surface area (Å²) in [6.07, 6.45) is 0. The summed E-state index contributed by atoms with van der Waals surface area (Å²) in [7, 11) is -4.03. The summed E-state index contributed by atoms with van der Waals surface area (Å²) in [6, 6.07) is 10.2. The van der Waals surface area contributed by atoms with E-state index in [1.54, 1.807) is 18.2 Å². The molecule has 3 N–H and O–H groups in total. The summed E-state index contributed by atoms with van der Waals surface area (Å²) in [6.45, 7) is 0. The third-order valence-corrected chi connectivity index (χ3v) is 6.10. The lowest BCUT2D eigenvalue weighted by molar-refractivity contribution is 0.103. The number of benzene rings is 3. The quantitative estimate of drug-likeness (QED) is 0.565. The highest BCUT2D eigenvalue weighted by Crippen LogP contribution is 2.38. The van der Waals surface area contributed by atoms with Gasteiger partial charge >= 0.3 is 0 Å². The maximum Gasteiger partial charge on any atom is 0.262 e. The molecule has 0 fully saturated rings. The Morgan fingerprint density at radius 2 is 1.81 bits per heavy atom. The first kappa shape index (κ1) is 17.0. The van der Waals surface area contributed by atoms with Crippen molar-refractivity contribution < 1.29 is 18.3 Å². The Hall–Kier alpha value is -2.48. The maximum atomic E-state index is 12.9. The molecule has 0 radical (unpaired) electrons. The zero-order chi connectivity index (χ0) is 18.6. The van der Waals surface area contributed by atoms with Gasteiger partial charge in [-0.25, -0.2) is 8.42 Å². The number of hydrogen-bond acceptors (Lipinski definition) is 4. The van der Waals surface area contributed by atoms with E-state index in [4.69, 9.17) is 23.2 Å². The summed E-state index contributed by atoms with van der Waals surface area (Å²) >= 11 is 11.8. The van der Waals surface area contributed by atoms with Crippen LogP contribution in [0.1, 0.15) is 10.4 Å². The number of halogens is 2. The van der Waals surface area contributed by atoms with Gasteiger partial charge in [-0.2, -0.15) is 0 Å². The van der Waals surface area contributed by atoms with E-state index in [-0.39, 0.29) is 32.3 Å². The number of anilines is 2. The molecule has 1 amide bonds. The molecule has 1 aliphatic heterocycles. The molecule has 0 aromatic heterocycles. The van der Waals surface area contributed by atoms with Crippen LogP contribution in [0.5, 0.6) is 5.75 Å². The molecule has 0 spiro atoms. The first-order valence-electron chi connectivity index (χ1n) is 7.36. The van der Waals surface area contributed by atoms with Crippen LogP contribution in [0.3, 0.4) is 0 Å². The zero-order valence-electron chi connectivity index (χ0n) is 12.9. The number of sulfonamides is 1. The number of carbonyl (C=O) groups excluding carboxylic acids is 1. The Morgan fingerprint density at radius 1 is 1.04 bits per heavy atom. The fraction of sp³-hybridized carbons (Fsp3) is 0. The Bertz CT molecular complexity index is 1210. The Kier molecular flexibility index (Phi) is 3.76. The van der Waals surface area contributed by atoms with Gasteiger partial charge in [-0.1, -0.05) is 35.3 Å². The zero-order valence-corrected chi connectivity index (χ0v) is 15.2. The van der Waals surface area contributed by atoms with Gasteiger partial charge < -0.3 is 10.4 Å². The molecule has 26 heavy (non-hydrogen) atoms. The minimum Gasteiger partial charge on any atom is -0.506 e. The SMILES string of the molecule is O=C1Nc2ccc(S(=O)(=O)Nc3cc(Cl)c(O)cc3Cl)c3cccc1c23. The predicted molar refractivity (Wildman–Crippen MR) is 101 cm³/mol. The van der Waals surface area contributed by atoms with Crippen molar-refractivity contribution in [3.63, 3.8) is 0 Å². The highest BCUT2D eigenvalue weighted by molar-refractivity contribution is 7.93. The van der Waals surface area contributed by atoms with Crippen molar-refractivity contribution in [2.45, 2.75) is 4.90 Å². The molecule has 0 aliphatic carbocycles. The molecule has 9 heteroatoms. The van der Waals surface area contributed by atoms with Crippen LogP contribution in [0.2, 0.25) is 10.0 Å². The number of carbonyl (C=O) groups is 1. The predicted octanol–water partition coefficient (Wildman–Crippen LogP) is 4.22. The van der Waals surface area contributed by atoms with Gasteiger partial charge in [-0.05, 0) is 24.3 Å². The number of nitrogens with one attached hydrogen (secondary N) is 2. The molecular weight excluding hydrogens is 399 g/mol. The van der Waals surface area contributed by atoms with Gasteiger partial charge in [0, 0.05) is 28.1 Å². The number of rotatable bonds is 3. The van der Waals surface area contributed by atoms with Gasteiger partial charge in [0.2, 0.25) is 0 Å². The molecule has 3 aromatic rings. The lowest BCUT2D eigenvalue weighted by Gasteiger charge is -2.13. The highest BCUT2D eigenvalue weighted by Gasteiger charge is 2.26. The van der Waals surface area contributed by atoms with Crippen molar-refractivity contribution in [2.24, 2.45) is 0 Å². The molecule has 0 unspecified atom stereocenters. The van der Waals surface area contributed by atoms with Crippen LogP contribution in [-0.4, -0.2) is 19.4 Å². The molecule has 1 heterocycles. The van der Waals surface area contributed by atoms with Crippen molar-refractivity contribution in [1.82, 2.24) is 0 Å². The topological polar surface area (TPSA) is 95.5 Å². The molecule has 1 aliphatic rings. The molecule has 3 aromatic carbocycles. The van der Waals surface area contributed by atoms with Gasteiger partial charge in [-0.15, -0.1) is 0 Å². The molecule has 0 atom stereocenters. The van der Waals surface area contributed by atoms with Crippen LogP contribution >= 0.6 is 23.2 Å². The summed E-state index contributed by atoms with van der Waals surface area (Å²) in [5.74, 6) is -0.531. The van der Waals surface area contributed by atoms with Crippen LogP contribution < -0.4 is 10.0 Å². The lowest BCUT2D eigenvalue weighted by Crippen LogP contribution is -2.13. The van der Waals surface area contributed by atoms with Crippen molar-refractivity contribution in [3.8, 4) is 5.75 Å². The van der Waals surface area contributed by atoms with Crippen molar-refractivity contribution in [3.05, 3.63) is 58.1 Å². The van der Waals surface area contributed by atoms with Gasteiger partial charge in [0.1, 0.15) is 5.75 Å². The van der Waals surface area contributed by atoms with Crippen molar-refractivity contribution in [1.29, 1.82) is 0 Å². The Labute approximate surface area is 158 Å². The number of phenolic OH excluding ortho intramolecular Hbond substituents is 1. The fourth-order valence-electron chi connectivity index (χ4n) is 2.91. The number of aromatic hydroxyl groups is 1. The Morgan fingerprint density at radius 3 is 2.58 bits per heavy atom. The van der Waals surface area contributed by atoms with Crippen LogP contribution in [0.4, 0.5) is 11.4 Å². The van der Waals surface area contributed by atoms with Crippen LogP contribution in [0.25, 0.3) is 10.8 Å². The second kappa shape index (κ2) is 5.77. The van der Waals surface area contributed by atoms with E-state index in [2.05, 4.69) is 10.0 Å². The van der Waals surface area contributed by atoms with Gasteiger partial charge in [0.05, 0.1) is 20.6 Å². The summed E-state index contributed by atoms with van der Waals surface area (Å²) in [5, 5.41) is 13.2. The number of phenols is 1. The van der Waals surface area contributed by atoms with Crippen LogP contribution in [-0.2, 0) is 10.0 Å². The lowest BCUT2D eigenvalue weighted by atomic mass is 10.1. The van der Waals surface area contributed by atoms with E-state index in [1.165, 1.54) is 18.2 Å². The number of amides is 1. The maximum absolute atomic E-state index is 12.9. The summed E-state index contributed by atoms with van der Waals surface area (Å²) in [4.78, 5) is 12.0. The summed E-state index contributed by atoms with van der Waals surface area (Å²) in [5.41, 5.74) is 1.01. The van der Waals surface area contributed by atoms with E-state index in [0.717, 1.165) is 6.07 Å². The summed E-state index contributed by atoms with van der Waals surface area (Å²) < 4.78 is 28.2. The normalized spacial score (nSPS) is 13.1. The first-order chi connectivity index (χ1) is 12.3. The average Bonchev–Trinajstić information content (AvgIpc) is 2.90. The van der Waals surface area contributed by atoms with E-state index in [1.807, 2.05) is 0 Å². The molecule has 0 saturated heterocycles. The fourth-order valence-corrected chi connectivity index (χ4v) is 4.61. The highest BCUT2D eigenvalue weighted by atomic mass is 35.5. The van der Waals surface area contributed by atoms with Gasteiger partial charge in [0.15, 0.2) is 0 Å². The molecule has 4 rings (SSSR count). The standard InChI is InChI=1S/C17H10Cl2N2O4S/c18-10-7-14(22)11(19)6-13(10)21-26(24,25)15-5-4-12-16-8(15)2-1-3-9(16)17(23)20-12/h1-7,21-22H,(H,20,23). The molecular formula is C17H10Cl2N2O4S. The minimum absolute atomic E-state index is 0.00162. The van der Waals surface area contributed by atoms with Gasteiger partial charge in [-0.3, -0.25) is 9.52 Å². The van der Waals surface area contributed by atoms with E-state index in [0.29, 0.717) is 22.0 Å². The number of hydrogen-bond donors (Lipinski definition) is 3. The second-order valence-corrected chi connectivity index (χ2v) is 8.15. The second-order valence-electron chi connectivity index (χ2n) is 5.68.